The fourth-order valence-electron chi connectivity index (χ4n) is 3.78. The van der Waals surface area contributed by atoms with E-state index in [1.807, 2.05) is 12.1 Å². The smallest absolute Gasteiger partial charge is 0.118 e. The number of nitrogens with zero attached hydrogens (tertiary/aromatic N) is 2. The van der Waals surface area contributed by atoms with Crippen molar-refractivity contribution >= 4 is 0 Å². The first-order chi connectivity index (χ1) is 10.2. The van der Waals surface area contributed by atoms with E-state index in [0.717, 1.165) is 30.9 Å². The third-order valence-electron chi connectivity index (χ3n) is 5.23. The van der Waals surface area contributed by atoms with Gasteiger partial charge in [0.1, 0.15) is 5.75 Å². The SMILES string of the molecule is COc1ccc(C(N)CN2CCC3CCC(C2)N3C)cc1. The average Bonchev–Trinajstić information content (AvgIpc) is 2.75. The molecule has 2 N–H and O–H groups in total. The van der Waals surface area contributed by atoms with Gasteiger partial charge in [0, 0.05) is 31.2 Å². The van der Waals surface area contributed by atoms with Crippen molar-refractivity contribution in [3.63, 3.8) is 0 Å². The minimum absolute atomic E-state index is 0.0813. The Morgan fingerprint density at radius 2 is 1.90 bits per heavy atom. The van der Waals surface area contributed by atoms with Gasteiger partial charge in [0.05, 0.1) is 7.11 Å². The van der Waals surface area contributed by atoms with E-state index in [2.05, 4.69) is 29.0 Å². The standard InChI is InChI=1S/C17H27N3O/c1-19-14-5-6-15(19)11-20(10-9-14)12-17(18)13-3-7-16(21-2)8-4-13/h3-4,7-8,14-15,17H,5-6,9-12,18H2,1-2H3. The van der Waals surface area contributed by atoms with Crippen LogP contribution in [0.4, 0.5) is 0 Å². The Kier molecular flexibility index (Phi) is 4.48. The molecule has 3 rings (SSSR count). The van der Waals surface area contributed by atoms with Crippen LogP contribution in [0.1, 0.15) is 30.9 Å². The maximum Gasteiger partial charge on any atom is 0.118 e. The molecule has 1 aromatic rings. The lowest BCUT2D eigenvalue weighted by Crippen LogP contribution is -2.39. The Labute approximate surface area is 127 Å². The van der Waals surface area contributed by atoms with E-state index in [4.69, 9.17) is 10.5 Å². The monoisotopic (exact) mass is 289 g/mol. The molecule has 0 spiro atoms. The van der Waals surface area contributed by atoms with Gasteiger partial charge in [-0.2, -0.15) is 0 Å². The van der Waals surface area contributed by atoms with E-state index in [9.17, 15) is 0 Å². The van der Waals surface area contributed by atoms with Crippen LogP contribution in [0.3, 0.4) is 0 Å². The number of likely N-dealkylation sites (N-methyl/N-ethyl adjacent to an activating group) is 1. The molecule has 0 aromatic heterocycles. The van der Waals surface area contributed by atoms with Gasteiger partial charge in [-0.05, 0) is 50.6 Å². The van der Waals surface area contributed by atoms with Gasteiger partial charge in [0.15, 0.2) is 0 Å². The average molecular weight is 289 g/mol. The van der Waals surface area contributed by atoms with Crippen molar-refractivity contribution in [1.82, 2.24) is 9.80 Å². The number of nitrogens with two attached hydrogens (primary N) is 1. The lowest BCUT2D eigenvalue weighted by molar-refractivity contribution is 0.212. The first-order valence-electron chi connectivity index (χ1n) is 8.01. The summed E-state index contributed by atoms with van der Waals surface area (Å²) in [4.78, 5) is 5.13. The molecule has 116 valence electrons. The molecule has 1 aromatic carbocycles. The number of fused-ring (bicyclic) bond motifs is 2. The Balaban J connectivity index is 1.60. The van der Waals surface area contributed by atoms with Crippen LogP contribution in [-0.2, 0) is 0 Å². The van der Waals surface area contributed by atoms with Crippen LogP contribution in [0, 0.1) is 0 Å². The molecule has 0 aliphatic carbocycles. The molecule has 2 saturated heterocycles. The lowest BCUT2D eigenvalue weighted by Gasteiger charge is -2.28. The second kappa shape index (κ2) is 6.34. The lowest BCUT2D eigenvalue weighted by atomic mass is 10.0. The number of hydrogen-bond acceptors (Lipinski definition) is 4. The predicted octanol–water partition coefficient (Wildman–Crippen LogP) is 1.86. The van der Waals surface area contributed by atoms with Crippen molar-refractivity contribution < 1.29 is 4.74 Å². The van der Waals surface area contributed by atoms with Gasteiger partial charge >= 0.3 is 0 Å². The summed E-state index contributed by atoms with van der Waals surface area (Å²) >= 11 is 0. The molecule has 0 radical (unpaired) electrons. The number of rotatable bonds is 4. The van der Waals surface area contributed by atoms with Crippen molar-refractivity contribution in [3.05, 3.63) is 29.8 Å². The third kappa shape index (κ3) is 3.23. The zero-order valence-corrected chi connectivity index (χ0v) is 13.2. The van der Waals surface area contributed by atoms with Crippen LogP contribution in [-0.4, -0.2) is 55.7 Å². The number of methoxy groups -OCH3 is 1. The summed E-state index contributed by atoms with van der Waals surface area (Å²) in [5, 5.41) is 0. The minimum Gasteiger partial charge on any atom is -0.497 e. The second-order valence-electron chi connectivity index (χ2n) is 6.48. The zero-order chi connectivity index (χ0) is 14.8. The normalized spacial score (nSPS) is 28.3. The predicted molar refractivity (Wildman–Crippen MR) is 85.6 cm³/mol. The highest BCUT2D eigenvalue weighted by molar-refractivity contribution is 5.29. The summed E-state index contributed by atoms with van der Waals surface area (Å²) in [6.45, 7) is 3.29. The summed E-state index contributed by atoms with van der Waals surface area (Å²) in [6, 6.07) is 9.75. The first-order valence-corrected chi connectivity index (χ1v) is 8.01. The first kappa shape index (κ1) is 14.8. The van der Waals surface area contributed by atoms with Crippen molar-refractivity contribution in [2.75, 3.05) is 33.8 Å². The van der Waals surface area contributed by atoms with Crippen LogP contribution >= 0.6 is 0 Å². The largest absolute Gasteiger partial charge is 0.497 e. The Morgan fingerprint density at radius 3 is 2.62 bits per heavy atom. The van der Waals surface area contributed by atoms with Crippen LogP contribution in [0.5, 0.6) is 5.75 Å². The zero-order valence-electron chi connectivity index (χ0n) is 13.2. The van der Waals surface area contributed by atoms with Gasteiger partial charge in [-0.15, -0.1) is 0 Å². The van der Waals surface area contributed by atoms with E-state index < -0.39 is 0 Å². The molecule has 3 atom stereocenters. The Bertz CT molecular complexity index is 462. The highest BCUT2D eigenvalue weighted by Crippen LogP contribution is 2.29. The van der Waals surface area contributed by atoms with Crippen LogP contribution in [0.25, 0.3) is 0 Å². The fraction of sp³-hybridized carbons (Fsp3) is 0.647. The maximum absolute atomic E-state index is 6.41. The Morgan fingerprint density at radius 1 is 1.19 bits per heavy atom. The topological polar surface area (TPSA) is 41.7 Å². The number of ether oxygens (including phenoxy) is 1. The van der Waals surface area contributed by atoms with Crippen molar-refractivity contribution in [2.45, 2.75) is 37.4 Å². The van der Waals surface area contributed by atoms with Gasteiger partial charge in [-0.3, -0.25) is 9.80 Å². The third-order valence-corrected chi connectivity index (χ3v) is 5.23. The molecule has 4 heteroatoms. The number of benzene rings is 1. The molecule has 2 bridgehead atoms. The molecule has 4 nitrogen and oxygen atoms in total. The number of hydrogen-bond donors (Lipinski definition) is 1. The highest BCUT2D eigenvalue weighted by atomic mass is 16.5. The molecule has 0 saturated carbocycles. The minimum atomic E-state index is 0.0813. The van der Waals surface area contributed by atoms with E-state index in [1.165, 1.54) is 31.4 Å². The summed E-state index contributed by atoms with van der Waals surface area (Å²) in [5.74, 6) is 0.889. The van der Waals surface area contributed by atoms with Gasteiger partial charge in [0.2, 0.25) is 0 Å². The molecule has 2 aliphatic rings. The van der Waals surface area contributed by atoms with E-state index in [-0.39, 0.29) is 6.04 Å². The summed E-state index contributed by atoms with van der Waals surface area (Å²) in [7, 11) is 3.98. The van der Waals surface area contributed by atoms with E-state index in [1.54, 1.807) is 7.11 Å². The van der Waals surface area contributed by atoms with Crippen molar-refractivity contribution in [1.29, 1.82) is 0 Å². The molecule has 21 heavy (non-hydrogen) atoms. The number of likely N-dealkylation sites (tertiary alicyclic amines) is 1. The van der Waals surface area contributed by atoms with Gasteiger partial charge in [0.25, 0.3) is 0 Å². The maximum atomic E-state index is 6.41. The van der Waals surface area contributed by atoms with Gasteiger partial charge in [-0.25, -0.2) is 0 Å². The molecular formula is C17H27N3O. The molecule has 2 fully saturated rings. The van der Waals surface area contributed by atoms with Crippen LogP contribution < -0.4 is 10.5 Å². The quantitative estimate of drug-likeness (QED) is 0.919. The molecule has 3 unspecified atom stereocenters. The van der Waals surface area contributed by atoms with Crippen molar-refractivity contribution in [3.8, 4) is 5.75 Å². The second-order valence-corrected chi connectivity index (χ2v) is 6.48. The fourth-order valence-corrected chi connectivity index (χ4v) is 3.78. The molecule has 0 amide bonds. The summed E-state index contributed by atoms with van der Waals surface area (Å²) in [6.07, 6.45) is 4.00. The molecule has 2 heterocycles. The van der Waals surface area contributed by atoms with Gasteiger partial charge in [-0.1, -0.05) is 12.1 Å². The highest BCUT2D eigenvalue weighted by Gasteiger charge is 2.34. The van der Waals surface area contributed by atoms with Crippen LogP contribution in [0.2, 0.25) is 0 Å². The summed E-state index contributed by atoms with van der Waals surface area (Å²) in [5.41, 5.74) is 7.60. The van der Waals surface area contributed by atoms with E-state index in [0.29, 0.717) is 0 Å². The van der Waals surface area contributed by atoms with E-state index >= 15 is 0 Å². The molecular weight excluding hydrogens is 262 g/mol. The Hall–Kier alpha value is -1.10. The summed E-state index contributed by atoms with van der Waals surface area (Å²) < 4.78 is 5.20. The van der Waals surface area contributed by atoms with Crippen LogP contribution in [0.15, 0.2) is 24.3 Å². The van der Waals surface area contributed by atoms with Gasteiger partial charge < -0.3 is 10.5 Å². The molecule has 2 aliphatic heterocycles. The van der Waals surface area contributed by atoms with Crippen molar-refractivity contribution in [2.24, 2.45) is 5.73 Å².